The summed E-state index contributed by atoms with van der Waals surface area (Å²) in [4.78, 5) is 36.5. The van der Waals surface area contributed by atoms with E-state index in [-0.39, 0.29) is 29.7 Å². The molecule has 0 bridgehead atoms. The highest BCUT2D eigenvalue weighted by atomic mass is 16.4. The van der Waals surface area contributed by atoms with Crippen LogP contribution >= 0.6 is 0 Å². The van der Waals surface area contributed by atoms with Crippen LogP contribution in [0.3, 0.4) is 0 Å². The van der Waals surface area contributed by atoms with Crippen LogP contribution in [0.4, 0.5) is 0 Å². The molecule has 100 valence electrons. The maximum atomic E-state index is 12.1. The zero-order chi connectivity index (χ0) is 13.4. The van der Waals surface area contributed by atoms with Gasteiger partial charge in [-0.2, -0.15) is 0 Å². The second kappa shape index (κ2) is 4.71. The van der Waals surface area contributed by atoms with Gasteiger partial charge in [0.1, 0.15) is 0 Å². The van der Waals surface area contributed by atoms with Gasteiger partial charge in [0, 0.05) is 17.9 Å². The number of hydrogen-bond donors (Lipinski definition) is 1. The van der Waals surface area contributed by atoms with E-state index in [0.29, 0.717) is 12.8 Å². The van der Waals surface area contributed by atoms with Crippen molar-refractivity contribution in [2.75, 3.05) is 0 Å². The highest BCUT2D eigenvalue weighted by molar-refractivity contribution is 6.05. The van der Waals surface area contributed by atoms with Gasteiger partial charge in [-0.1, -0.05) is 20.3 Å². The Balaban J connectivity index is 2.14. The molecule has 2 rings (SSSR count). The third-order valence-electron chi connectivity index (χ3n) is 4.36. The van der Waals surface area contributed by atoms with Crippen molar-refractivity contribution in [3.05, 3.63) is 0 Å². The molecule has 4 unspecified atom stereocenters. The van der Waals surface area contributed by atoms with Crippen LogP contribution in [0.1, 0.15) is 39.5 Å². The fourth-order valence-corrected chi connectivity index (χ4v) is 2.96. The van der Waals surface area contributed by atoms with Crippen LogP contribution in [0.15, 0.2) is 0 Å². The Hall–Kier alpha value is -1.39. The fourth-order valence-electron chi connectivity index (χ4n) is 2.96. The van der Waals surface area contributed by atoms with Crippen molar-refractivity contribution >= 4 is 17.8 Å². The molecular weight excluding hydrogens is 234 g/mol. The average Bonchev–Trinajstić information content (AvgIpc) is 2.54. The third-order valence-corrected chi connectivity index (χ3v) is 4.36. The number of rotatable bonds is 2. The lowest BCUT2D eigenvalue weighted by atomic mass is 9.85. The van der Waals surface area contributed by atoms with Crippen LogP contribution in [0, 0.1) is 17.8 Å². The number of carbonyl (C=O) groups is 3. The normalized spacial score (nSPS) is 37.1. The van der Waals surface area contributed by atoms with Crippen molar-refractivity contribution in [3.8, 4) is 0 Å². The molecule has 1 aliphatic carbocycles. The van der Waals surface area contributed by atoms with Gasteiger partial charge in [0.05, 0.1) is 5.92 Å². The Morgan fingerprint density at radius 3 is 2.22 bits per heavy atom. The summed E-state index contributed by atoms with van der Waals surface area (Å²) in [5, 5.41) is 9.05. The van der Waals surface area contributed by atoms with Gasteiger partial charge < -0.3 is 5.11 Å². The fraction of sp³-hybridized carbons (Fsp3) is 0.769. The molecule has 1 heterocycles. The van der Waals surface area contributed by atoms with E-state index >= 15 is 0 Å². The van der Waals surface area contributed by atoms with E-state index < -0.39 is 11.9 Å². The summed E-state index contributed by atoms with van der Waals surface area (Å²) in [5.74, 6) is -2.06. The van der Waals surface area contributed by atoms with E-state index in [9.17, 15) is 14.4 Å². The van der Waals surface area contributed by atoms with Crippen LogP contribution in [0.5, 0.6) is 0 Å². The van der Waals surface area contributed by atoms with Gasteiger partial charge in [0.2, 0.25) is 11.8 Å². The Morgan fingerprint density at radius 2 is 1.72 bits per heavy atom. The van der Waals surface area contributed by atoms with Gasteiger partial charge >= 0.3 is 5.97 Å². The molecule has 1 saturated heterocycles. The quantitative estimate of drug-likeness (QED) is 0.752. The van der Waals surface area contributed by atoms with Crippen LogP contribution in [0.2, 0.25) is 0 Å². The second-order valence-electron chi connectivity index (χ2n) is 5.48. The van der Waals surface area contributed by atoms with Crippen LogP contribution in [0.25, 0.3) is 0 Å². The maximum Gasteiger partial charge on any atom is 0.306 e. The highest BCUT2D eigenvalue weighted by Crippen LogP contribution is 2.34. The summed E-state index contributed by atoms with van der Waals surface area (Å²) >= 11 is 0. The molecule has 1 aliphatic heterocycles. The summed E-state index contributed by atoms with van der Waals surface area (Å²) < 4.78 is 0. The van der Waals surface area contributed by atoms with E-state index in [0.717, 1.165) is 12.8 Å². The lowest BCUT2D eigenvalue weighted by molar-refractivity contribution is -0.149. The molecular formula is C13H19NO4. The predicted octanol–water partition coefficient (Wildman–Crippen LogP) is 1.27. The van der Waals surface area contributed by atoms with Gasteiger partial charge in [0.25, 0.3) is 0 Å². The summed E-state index contributed by atoms with van der Waals surface area (Å²) in [6, 6.07) is -0.216. The molecule has 1 saturated carbocycles. The van der Waals surface area contributed by atoms with Gasteiger partial charge in [-0.15, -0.1) is 0 Å². The number of carbonyl (C=O) groups excluding carboxylic acids is 2. The van der Waals surface area contributed by atoms with Crippen LogP contribution in [-0.2, 0) is 14.4 Å². The van der Waals surface area contributed by atoms with Crippen molar-refractivity contribution in [1.82, 2.24) is 4.90 Å². The minimum absolute atomic E-state index is 0.136. The molecule has 1 N–H and O–H groups in total. The standard InChI is InChI=1S/C13H19NO4/c1-7-8(2)12(16)14(11(7)15)10-5-3-4-9(6-10)13(17)18/h7-10H,3-6H2,1-2H3,(H,17,18). The van der Waals surface area contributed by atoms with E-state index in [1.165, 1.54) is 4.90 Å². The number of carboxylic acid groups (broad SMARTS) is 1. The molecule has 0 radical (unpaired) electrons. The smallest absolute Gasteiger partial charge is 0.306 e. The third kappa shape index (κ3) is 2.02. The molecule has 5 nitrogen and oxygen atoms in total. The van der Waals surface area contributed by atoms with Crippen LogP contribution < -0.4 is 0 Å². The van der Waals surface area contributed by atoms with E-state index in [1.807, 2.05) is 0 Å². The number of likely N-dealkylation sites (tertiary alicyclic amines) is 1. The molecule has 2 aliphatic rings. The van der Waals surface area contributed by atoms with Crippen molar-refractivity contribution in [1.29, 1.82) is 0 Å². The maximum absolute atomic E-state index is 12.1. The van der Waals surface area contributed by atoms with Crippen LogP contribution in [-0.4, -0.2) is 33.8 Å². The Morgan fingerprint density at radius 1 is 1.17 bits per heavy atom. The first kappa shape index (κ1) is 13.1. The molecule has 18 heavy (non-hydrogen) atoms. The van der Waals surface area contributed by atoms with E-state index in [1.54, 1.807) is 13.8 Å². The SMILES string of the molecule is CC1C(=O)N(C2CCCC(C(=O)O)C2)C(=O)C1C. The zero-order valence-electron chi connectivity index (χ0n) is 10.8. The number of nitrogens with zero attached hydrogens (tertiary/aromatic N) is 1. The van der Waals surface area contributed by atoms with Gasteiger partial charge in [-0.25, -0.2) is 0 Å². The highest BCUT2D eigenvalue weighted by Gasteiger charge is 2.46. The lowest BCUT2D eigenvalue weighted by Crippen LogP contribution is -2.44. The van der Waals surface area contributed by atoms with E-state index in [2.05, 4.69) is 0 Å². The Bertz CT molecular complexity index is 372. The predicted molar refractivity (Wildman–Crippen MR) is 63.6 cm³/mol. The molecule has 0 aromatic heterocycles. The average molecular weight is 253 g/mol. The number of imide groups is 1. The first-order chi connectivity index (χ1) is 8.43. The first-order valence-corrected chi connectivity index (χ1v) is 6.53. The molecule has 0 aromatic rings. The number of carboxylic acids is 1. The van der Waals surface area contributed by atoms with Crippen molar-refractivity contribution in [2.45, 2.75) is 45.6 Å². The van der Waals surface area contributed by atoms with Gasteiger partial charge in [-0.3, -0.25) is 19.3 Å². The largest absolute Gasteiger partial charge is 0.481 e. The summed E-state index contributed by atoms with van der Waals surface area (Å²) in [5.41, 5.74) is 0. The first-order valence-electron chi connectivity index (χ1n) is 6.53. The van der Waals surface area contributed by atoms with Gasteiger partial charge in [0.15, 0.2) is 0 Å². The number of amides is 2. The summed E-state index contributed by atoms with van der Waals surface area (Å²) in [6.07, 6.45) is 2.56. The topological polar surface area (TPSA) is 74.7 Å². The van der Waals surface area contributed by atoms with E-state index in [4.69, 9.17) is 5.11 Å². The number of aliphatic carboxylic acids is 1. The second-order valence-corrected chi connectivity index (χ2v) is 5.48. The molecule has 0 spiro atoms. The number of hydrogen-bond acceptors (Lipinski definition) is 3. The molecule has 5 heteroatoms. The van der Waals surface area contributed by atoms with Crippen molar-refractivity contribution in [3.63, 3.8) is 0 Å². The minimum atomic E-state index is -0.820. The Labute approximate surface area is 106 Å². The summed E-state index contributed by atoms with van der Waals surface area (Å²) in [7, 11) is 0. The molecule has 0 aromatic carbocycles. The summed E-state index contributed by atoms with van der Waals surface area (Å²) in [6.45, 7) is 3.53. The minimum Gasteiger partial charge on any atom is -0.481 e. The Kier molecular flexibility index (Phi) is 3.41. The lowest BCUT2D eigenvalue weighted by Gasteiger charge is -2.32. The van der Waals surface area contributed by atoms with Gasteiger partial charge in [-0.05, 0) is 19.3 Å². The van der Waals surface area contributed by atoms with Crippen molar-refractivity contribution < 1.29 is 19.5 Å². The molecule has 2 amide bonds. The molecule has 2 fully saturated rings. The monoisotopic (exact) mass is 253 g/mol. The zero-order valence-corrected chi connectivity index (χ0v) is 10.8. The van der Waals surface area contributed by atoms with Crippen molar-refractivity contribution in [2.24, 2.45) is 17.8 Å². The molecule has 4 atom stereocenters.